The Morgan fingerprint density at radius 2 is 2.28 bits per heavy atom. The molecule has 25 heavy (non-hydrogen) atoms. The fourth-order valence-corrected chi connectivity index (χ4v) is 3.87. The molecular formula is C19H20N4O2. The molecule has 2 atom stereocenters. The summed E-state index contributed by atoms with van der Waals surface area (Å²) in [7, 11) is 0. The smallest absolute Gasteiger partial charge is 0.129 e. The van der Waals surface area contributed by atoms with Crippen LogP contribution in [0.3, 0.4) is 0 Å². The average Bonchev–Trinajstić information content (AvgIpc) is 3.37. The number of morpholine rings is 1. The van der Waals surface area contributed by atoms with Gasteiger partial charge in [0.15, 0.2) is 0 Å². The zero-order chi connectivity index (χ0) is 16.8. The predicted molar refractivity (Wildman–Crippen MR) is 96.0 cm³/mol. The van der Waals surface area contributed by atoms with Crippen molar-refractivity contribution in [2.24, 2.45) is 0 Å². The first-order valence-corrected chi connectivity index (χ1v) is 8.77. The lowest BCUT2D eigenvalue weighted by atomic mass is 10.1. The molecule has 2 saturated heterocycles. The number of aromatic nitrogens is 3. The topological polar surface area (TPSA) is 63.3 Å². The third-order valence-corrected chi connectivity index (χ3v) is 5.06. The van der Waals surface area contributed by atoms with Crippen LogP contribution in [0, 0.1) is 0 Å². The molecule has 2 aromatic heterocycles. The first-order valence-electron chi connectivity index (χ1n) is 8.77. The second-order valence-electron chi connectivity index (χ2n) is 6.61. The van der Waals surface area contributed by atoms with Crippen LogP contribution in [0.1, 0.15) is 13.3 Å². The lowest BCUT2D eigenvalue weighted by Crippen LogP contribution is -2.37. The van der Waals surface area contributed by atoms with Gasteiger partial charge >= 0.3 is 0 Å². The molecular weight excluding hydrogens is 316 g/mol. The summed E-state index contributed by atoms with van der Waals surface area (Å²) in [6.07, 6.45) is 3.33. The minimum atomic E-state index is 0.357. The first kappa shape index (κ1) is 14.7. The second-order valence-corrected chi connectivity index (χ2v) is 6.61. The Balaban J connectivity index is 1.54. The number of benzene rings is 1. The second kappa shape index (κ2) is 5.74. The van der Waals surface area contributed by atoms with Gasteiger partial charge in [-0.1, -0.05) is 0 Å². The number of hydrogen-bond acceptors (Lipinski definition) is 5. The Morgan fingerprint density at radius 1 is 1.32 bits per heavy atom. The molecule has 4 heterocycles. The van der Waals surface area contributed by atoms with Crippen LogP contribution in [-0.4, -0.2) is 47.1 Å². The van der Waals surface area contributed by atoms with Crippen LogP contribution in [0.15, 0.2) is 36.5 Å². The van der Waals surface area contributed by atoms with E-state index in [-0.39, 0.29) is 0 Å². The van der Waals surface area contributed by atoms with E-state index < -0.39 is 0 Å². The van der Waals surface area contributed by atoms with Crippen molar-refractivity contribution in [1.82, 2.24) is 15.2 Å². The van der Waals surface area contributed by atoms with Gasteiger partial charge < -0.3 is 14.4 Å². The zero-order valence-corrected chi connectivity index (χ0v) is 14.1. The van der Waals surface area contributed by atoms with E-state index in [9.17, 15) is 0 Å². The molecule has 2 aliphatic rings. The molecule has 0 saturated carbocycles. The van der Waals surface area contributed by atoms with Crippen molar-refractivity contribution in [3.63, 3.8) is 0 Å². The number of fused-ring (bicyclic) bond motifs is 3. The summed E-state index contributed by atoms with van der Waals surface area (Å²) < 4.78 is 11.3. The van der Waals surface area contributed by atoms with Crippen LogP contribution >= 0.6 is 0 Å². The highest BCUT2D eigenvalue weighted by Gasteiger charge is 2.39. The van der Waals surface area contributed by atoms with Crippen molar-refractivity contribution in [1.29, 1.82) is 0 Å². The van der Waals surface area contributed by atoms with Gasteiger partial charge in [0.05, 0.1) is 30.9 Å². The van der Waals surface area contributed by atoms with E-state index in [1.54, 1.807) is 0 Å². The van der Waals surface area contributed by atoms with Crippen molar-refractivity contribution in [2.45, 2.75) is 25.5 Å². The Bertz CT molecular complexity index is 923. The molecule has 2 bridgehead atoms. The van der Waals surface area contributed by atoms with E-state index in [2.05, 4.69) is 26.1 Å². The summed E-state index contributed by atoms with van der Waals surface area (Å²) in [5.41, 5.74) is 3.00. The maximum atomic E-state index is 5.70. The number of H-pyrrole nitrogens is 1. The molecule has 128 valence electrons. The van der Waals surface area contributed by atoms with E-state index in [0.717, 1.165) is 53.3 Å². The van der Waals surface area contributed by atoms with Gasteiger partial charge in [0.2, 0.25) is 0 Å². The highest BCUT2D eigenvalue weighted by atomic mass is 16.5. The van der Waals surface area contributed by atoms with E-state index >= 15 is 0 Å². The molecule has 1 N–H and O–H groups in total. The lowest BCUT2D eigenvalue weighted by molar-refractivity contribution is 0.0989. The summed E-state index contributed by atoms with van der Waals surface area (Å²) in [6.45, 7) is 4.37. The van der Waals surface area contributed by atoms with E-state index in [1.165, 1.54) is 0 Å². The molecule has 5 rings (SSSR count). The van der Waals surface area contributed by atoms with E-state index in [1.807, 2.05) is 37.4 Å². The van der Waals surface area contributed by atoms with Gasteiger partial charge in [-0.15, -0.1) is 0 Å². The van der Waals surface area contributed by atoms with Crippen LogP contribution in [-0.2, 0) is 4.74 Å². The largest absolute Gasteiger partial charge is 0.494 e. The maximum absolute atomic E-state index is 5.70. The number of nitrogens with zero attached hydrogens (tertiary/aromatic N) is 3. The van der Waals surface area contributed by atoms with E-state index in [0.29, 0.717) is 18.8 Å². The highest BCUT2D eigenvalue weighted by Crippen LogP contribution is 2.34. The van der Waals surface area contributed by atoms with Crippen molar-refractivity contribution >= 4 is 16.7 Å². The van der Waals surface area contributed by atoms with Crippen LogP contribution in [0.5, 0.6) is 5.75 Å². The maximum Gasteiger partial charge on any atom is 0.129 e. The quantitative estimate of drug-likeness (QED) is 0.793. The van der Waals surface area contributed by atoms with Crippen molar-refractivity contribution in [3.8, 4) is 17.0 Å². The van der Waals surface area contributed by atoms with Crippen molar-refractivity contribution < 1.29 is 9.47 Å². The molecule has 2 fully saturated rings. The molecule has 0 spiro atoms. The number of nitrogens with one attached hydrogen (secondary N) is 1. The SMILES string of the molecule is CCOc1ccc2[nH]nc(-c3ccnc(N4C[C@@H]5C[C@H]4CO5)c3)c2c1. The van der Waals surface area contributed by atoms with Crippen molar-refractivity contribution in [2.75, 3.05) is 24.7 Å². The lowest BCUT2D eigenvalue weighted by Gasteiger charge is -2.28. The van der Waals surface area contributed by atoms with E-state index in [4.69, 9.17) is 9.47 Å². The molecule has 6 nitrogen and oxygen atoms in total. The molecule has 2 aliphatic heterocycles. The standard InChI is InChI=1S/C19H20N4O2/c1-2-24-14-3-4-17-16(9-14)19(22-21-17)12-5-6-20-18(7-12)23-10-15-8-13(23)11-25-15/h3-7,9,13,15H,2,8,10-11H2,1H3,(H,21,22)/t13-,15-/m0/s1. The molecule has 0 unspecified atom stereocenters. The Hall–Kier alpha value is -2.60. The van der Waals surface area contributed by atoms with Gasteiger partial charge in [0, 0.05) is 23.7 Å². The third kappa shape index (κ3) is 2.44. The molecule has 1 aromatic carbocycles. The van der Waals surface area contributed by atoms with Gasteiger partial charge in [0.1, 0.15) is 17.3 Å². The van der Waals surface area contributed by atoms with Crippen LogP contribution in [0.25, 0.3) is 22.2 Å². The zero-order valence-electron chi connectivity index (χ0n) is 14.1. The minimum absolute atomic E-state index is 0.357. The summed E-state index contributed by atoms with van der Waals surface area (Å²) in [5, 5.41) is 8.71. The number of anilines is 1. The van der Waals surface area contributed by atoms with Crippen LogP contribution in [0.2, 0.25) is 0 Å². The average molecular weight is 336 g/mol. The van der Waals surface area contributed by atoms with Crippen LogP contribution in [0.4, 0.5) is 5.82 Å². The van der Waals surface area contributed by atoms with Gasteiger partial charge in [0.25, 0.3) is 0 Å². The summed E-state index contributed by atoms with van der Waals surface area (Å²) in [4.78, 5) is 6.94. The molecule has 0 aliphatic carbocycles. The number of ether oxygens (including phenoxy) is 2. The molecule has 0 radical (unpaired) electrons. The molecule has 6 heteroatoms. The monoisotopic (exact) mass is 336 g/mol. The molecule has 0 amide bonds. The fourth-order valence-electron chi connectivity index (χ4n) is 3.87. The summed E-state index contributed by atoms with van der Waals surface area (Å²) in [6, 6.07) is 10.6. The Morgan fingerprint density at radius 3 is 3.08 bits per heavy atom. The fraction of sp³-hybridized carbons (Fsp3) is 0.368. The third-order valence-electron chi connectivity index (χ3n) is 5.06. The first-order chi connectivity index (χ1) is 12.3. The van der Waals surface area contributed by atoms with Gasteiger partial charge in [-0.25, -0.2) is 4.98 Å². The van der Waals surface area contributed by atoms with Gasteiger partial charge in [-0.05, 0) is 43.7 Å². The van der Waals surface area contributed by atoms with Crippen LogP contribution < -0.4 is 9.64 Å². The normalized spacial score (nSPS) is 22.0. The predicted octanol–water partition coefficient (Wildman–Crippen LogP) is 3.00. The van der Waals surface area contributed by atoms with Crippen molar-refractivity contribution in [3.05, 3.63) is 36.5 Å². The molecule has 3 aromatic rings. The Kier molecular flexibility index (Phi) is 3.38. The summed E-state index contributed by atoms with van der Waals surface area (Å²) in [5.74, 6) is 1.87. The van der Waals surface area contributed by atoms with Gasteiger partial charge in [-0.2, -0.15) is 5.10 Å². The number of aromatic amines is 1. The minimum Gasteiger partial charge on any atom is -0.494 e. The highest BCUT2D eigenvalue weighted by molar-refractivity contribution is 5.94. The Labute approximate surface area is 145 Å². The number of hydrogen-bond donors (Lipinski definition) is 1. The summed E-state index contributed by atoms with van der Waals surface area (Å²) >= 11 is 0. The number of pyridine rings is 1. The number of rotatable bonds is 4. The van der Waals surface area contributed by atoms with Gasteiger partial charge in [-0.3, -0.25) is 5.10 Å².